The van der Waals surface area contributed by atoms with Crippen LogP contribution in [0.1, 0.15) is 225 Å². The van der Waals surface area contributed by atoms with Crippen molar-refractivity contribution in [1.82, 2.24) is 0 Å². The van der Waals surface area contributed by atoms with Crippen molar-refractivity contribution < 1.29 is 23.8 Å². The van der Waals surface area contributed by atoms with Gasteiger partial charge in [0.25, 0.3) is 0 Å². The summed E-state index contributed by atoms with van der Waals surface area (Å²) in [5.41, 5.74) is 8.68. The molecule has 4 aliphatic rings. The average Bonchev–Trinajstić information content (AvgIpc) is 4.05. The van der Waals surface area contributed by atoms with Gasteiger partial charge in [-0.05, 0) is 176 Å². The molecule has 0 aromatic heterocycles. The minimum Gasteiger partial charge on any atom is -0.494 e. The first-order valence-electron chi connectivity index (χ1n) is 31.2. The van der Waals surface area contributed by atoms with Gasteiger partial charge in [-0.3, -0.25) is 4.79 Å². The third kappa shape index (κ3) is 17.7. The van der Waals surface area contributed by atoms with Crippen molar-refractivity contribution >= 4 is 17.6 Å². The van der Waals surface area contributed by atoms with E-state index in [4.69, 9.17) is 20.8 Å². The molecule has 78 heavy (non-hydrogen) atoms. The summed E-state index contributed by atoms with van der Waals surface area (Å²) in [6, 6.07) is 31.0. The van der Waals surface area contributed by atoms with E-state index in [9.17, 15) is 9.59 Å². The van der Waals surface area contributed by atoms with Gasteiger partial charge in [0.15, 0.2) is 5.69 Å². The van der Waals surface area contributed by atoms with Gasteiger partial charge in [0.1, 0.15) is 17.6 Å². The monoisotopic (exact) mass is 1060 g/mol. The number of carbonyl (C=O) groups excluding carboxylic acids is 2. The van der Waals surface area contributed by atoms with Crippen molar-refractivity contribution in [2.24, 2.45) is 46.3 Å². The number of nitrogens with zero attached hydrogens (tertiary/aromatic N) is 1. The zero-order valence-corrected chi connectivity index (χ0v) is 50.0. The van der Waals surface area contributed by atoms with Crippen LogP contribution in [0.3, 0.4) is 0 Å². The average molecular weight is 1060 g/mol. The van der Waals surface area contributed by atoms with Gasteiger partial charge in [-0.25, -0.2) is 9.64 Å². The molecule has 0 heterocycles. The minimum atomic E-state index is -0.353. The van der Waals surface area contributed by atoms with Crippen LogP contribution in [0.4, 0.5) is 5.69 Å². The standard InChI is InChI=1S/C36H62O2.C21H26O3.C15H13N/c1-7-8-9-10-11-12-16-34(37)38-29-21-23-35(5)28(25-29)17-18-30-32-20-19-31(27(4)15-13-14-26(2)3)36(32,6)24-22-33(30)35;1-3-5-6-7-16-23-19-14-10-18(11-15-19)21(22)24-20-12-8-17(4-2)9-13-20;1-3-12-4-6-13(7-5-12)14-8-10-15(16-2)11-9-14/h17,26-27,29-33H,7-16,18-25H2,1-6H3;8-15H,3-7,16H2,1-2H3;4-11H,3H2,1H3. The highest BCUT2D eigenvalue weighted by atomic mass is 16.5. The number of allylic oxidation sites excluding steroid dienone is 1. The quantitative estimate of drug-likeness (QED) is 0.0230. The smallest absolute Gasteiger partial charge is 0.343 e. The highest BCUT2D eigenvalue weighted by molar-refractivity contribution is 5.91. The number of hydrogen-bond donors (Lipinski definition) is 0. The van der Waals surface area contributed by atoms with Gasteiger partial charge in [-0.2, -0.15) is 0 Å². The molecule has 3 saturated carbocycles. The topological polar surface area (TPSA) is 66.2 Å². The molecule has 6 nitrogen and oxygen atoms in total. The molecule has 4 aliphatic carbocycles. The predicted octanol–water partition coefficient (Wildman–Crippen LogP) is 20.6. The lowest BCUT2D eigenvalue weighted by molar-refractivity contribution is -0.151. The zero-order valence-electron chi connectivity index (χ0n) is 50.0. The second kappa shape index (κ2) is 31.6. The van der Waals surface area contributed by atoms with Crippen molar-refractivity contribution in [2.45, 2.75) is 223 Å². The molecule has 0 aliphatic heterocycles. The molecular formula is C72H101NO5. The molecule has 4 aromatic rings. The first kappa shape index (κ1) is 62.1. The largest absolute Gasteiger partial charge is 0.494 e. The number of carbonyl (C=O) groups is 2. The fraction of sp³-hybridized carbons (Fsp3) is 0.597. The molecule has 0 amide bonds. The number of aryl methyl sites for hydroxylation is 2. The minimum absolute atomic E-state index is 0.0522. The molecule has 0 bridgehead atoms. The number of hydrogen-bond acceptors (Lipinski definition) is 5. The summed E-state index contributed by atoms with van der Waals surface area (Å²) < 4.78 is 17.1. The van der Waals surface area contributed by atoms with Crippen LogP contribution in [-0.2, 0) is 22.4 Å². The van der Waals surface area contributed by atoms with E-state index in [0.717, 1.165) is 85.3 Å². The summed E-state index contributed by atoms with van der Waals surface area (Å²) in [6.07, 6.45) is 32.0. The van der Waals surface area contributed by atoms with E-state index < -0.39 is 0 Å². The highest BCUT2D eigenvalue weighted by Crippen LogP contribution is 2.67. The van der Waals surface area contributed by atoms with Gasteiger partial charge in [-0.15, -0.1) is 0 Å². The summed E-state index contributed by atoms with van der Waals surface area (Å²) in [5.74, 6) is 6.34. The third-order valence-corrected chi connectivity index (χ3v) is 18.9. The van der Waals surface area contributed by atoms with E-state index in [0.29, 0.717) is 40.9 Å². The Morgan fingerprint density at radius 2 is 1.24 bits per heavy atom. The van der Waals surface area contributed by atoms with E-state index in [1.165, 1.54) is 126 Å². The van der Waals surface area contributed by atoms with E-state index in [-0.39, 0.29) is 18.0 Å². The Bertz CT molecular complexity index is 2470. The van der Waals surface area contributed by atoms with Crippen molar-refractivity contribution in [3.63, 3.8) is 0 Å². The Morgan fingerprint density at radius 3 is 1.87 bits per heavy atom. The van der Waals surface area contributed by atoms with Gasteiger partial charge < -0.3 is 14.2 Å². The van der Waals surface area contributed by atoms with Crippen LogP contribution in [0, 0.1) is 52.9 Å². The Morgan fingerprint density at radius 1 is 0.641 bits per heavy atom. The number of rotatable bonds is 24. The maximum atomic E-state index is 12.6. The molecule has 424 valence electrons. The van der Waals surface area contributed by atoms with Crippen molar-refractivity contribution in [2.75, 3.05) is 6.61 Å². The first-order valence-corrected chi connectivity index (χ1v) is 31.2. The second-order valence-electron chi connectivity index (χ2n) is 24.7. The number of ether oxygens (including phenoxy) is 3. The normalized spacial score (nSPS) is 23.3. The van der Waals surface area contributed by atoms with Crippen molar-refractivity contribution in [3.05, 3.63) is 137 Å². The summed E-state index contributed by atoms with van der Waals surface area (Å²) in [5, 5.41) is 0. The Labute approximate surface area is 474 Å². The summed E-state index contributed by atoms with van der Waals surface area (Å²) in [6.45, 7) is 28.9. The molecule has 8 rings (SSSR count). The van der Waals surface area contributed by atoms with Crippen LogP contribution in [0.25, 0.3) is 16.0 Å². The molecule has 0 radical (unpaired) electrons. The lowest BCUT2D eigenvalue weighted by Crippen LogP contribution is -2.51. The van der Waals surface area contributed by atoms with Gasteiger partial charge >= 0.3 is 11.9 Å². The summed E-state index contributed by atoms with van der Waals surface area (Å²) in [4.78, 5) is 28.1. The maximum Gasteiger partial charge on any atom is 0.343 e. The van der Waals surface area contributed by atoms with Crippen LogP contribution in [0.15, 0.2) is 109 Å². The molecule has 0 saturated heterocycles. The van der Waals surface area contributed by atoms with Gasteiger partial charge in [0, 0.05) is 12.8 Å². The molecule has 4 aromatic carbocycles. The fourth-order valence-electron chi connectivity index (χ4n) is 14.1. The molecule has 8 atom stereocenters. The van der Waals surface area contributed by atoms with Crippen LogP contribution in [-0.4, -0.2) is 24.6 Å². The molecule has 3 fully saturated rings. The van der Waals surface area contributed by atoms with E-state index in [2.05, 4.69) is 97.5 Å². The first-order chi connectivity index (χ1) is 37.7. The lowest BCUT2D eigenvalue weighted by Gasteiger charge is -2.58. The fourth-order valence-corrected chi connectivity index (χ4v) is 14.1. The van der Waals surface area contributed by atoms with Gasteiger partial charge in [-0.1, -0.05) is 205 Å². The molecule has 6 heteroatoms. The third-order valence-electron chi connectivity index (χ3n) is 18.9. The van der Waals surface area contributed by atoms with Crippen LogP contribution in [0.2, 0.25) is 0 Å². The molecule has 0 spiro atoms. The highest BCUT2D eigenvalue weighted by Gasteiger charge is 2.59. The van der Waals surface area contributed by atoms with E-state index in [1.807, 2.05) is 60.7 Å². The van der Waals surface area contributed by atoms with Crippen LogP contribution >= 0.6 is 0 Å². The Hall–Kier alpha value is -5.15. The zero-order chi connectivity index (χ0) is 55.9. The SMILES string of the molecule is CCCCCCCCC(=O)OC1CCC2(C)C(=CCC3C2CCC2(C)C(C(C)CCCC(C)C)CCC32)C1.CCCCCCOc1ccc(C(=O)Oc2ccc(CC)cc2)cc1.[C-]#[N+]c1ccc(-c2ccc(CC)cc2)cc1. The summed E-state index contributed by atoms with van der Waals surface area (Å²) >= 11 is 0. The van der Waals surface area contributed by atoms with Crippen LogP contribution in [0.5, 0.6) is 11.5 Å². The number of fused-ring (bicyclic) bond motifs is 5. The van der Waals surface area contributed by atoms with E-state index >= 15 is 0 Å². The van der Waals surface area contributed by atoms with Crippen molar-refractivity contribution in [3.8, 4) is 22.6 Å². The molecule has 0 N–H and O–H groups in total. The lowest BCUT2D eigenvalue weighted by atomic mass is 9.47. The Kier molecular flexibility index (Phi) is 25.1. The number of unbranched alkanes of at least 4 members (excludes halogenated alkanes) is 8. The van der Waals surface area contributed by atoms with Crippen molar-refractivity contribution in [1.29, 1.82) is 0 Å². The van der Waals surface area contributed by atoms with Crippen LogP contribution < -0.4 is 9.47 Å². The molecular weight excluding hydrogens is 959 g/mol. The number of benzene rings is 4. The van der Waals surface area contributed by atoms with Gasteiger partial charge in [0.05, 0.1) is 18.7 Å². The van der Waals surface area contributed by atoms with E-state index in [1.54, 1.807) is 17.7 Å². The second-order valence-corrected chi connectivity index (χ2v) is 24.7. The summed E-state index contributed by atoms with van der Waals surface area (Å²) in [7, 11) is 0. The number of esters is 2. The molecule has 8 unspecified atom stereocenters. The van der Waals surface area contributed by atoms with Gasteiger partial charge in [0.2, 0.25) is 0 Å². The Balaban J connectivity index is 0.000000209. The maximum absolute atomic E-state index is 12.6. The predicted molar refractivity (Wildman–Crippen MR) is 325 cm³/mol.